The second-order valence-electron chi connectivity index (χ2n) is 6.76. The van der Waals surface area contributed by atoms with E-state index in [0.29, 0.717) is 19.6 Å². The minimum Gasteiger partial charge on any atom is -0.481 e. The lowest BCUT2D eigenvalue weighted by Crippen LogP contribution is -2.51. The number of likely N-dealkylation sites (N-methyl/N-ethyl adjacent to an activating group) is 1. The van der Waals surface area contributed by atoms with E-state index >= 15 is 0 Å². The normalized spacial score (nSPS) is 16.9. The van der Waals surface area contributed by atoms with Gasteiger partial charge in [-0.15, -0.1) is 0 Å². The highest BCUT2D eigenvalue weighted by molar-refractivity contribution is 5.68. The Morgan fingerprint density at radius 3 is 2.23 bits per heavy atom. The minimum absolute atomic E-state index is 0.170. The van der Waals surface area contributed by atoms with Gasteiger partial charge in [0.2, 0.25) is 0 Å². The van der Waals surface area contributed by atoms with Crippen molar-refractivity contribution in [1.82, 2.24) is 14.7 Å². The molecule has 1 saturated heterocycles. The number of ether oxygens (including phenoxy) is 1. The van der Waals surface area contributed by atoms with Gasteiger partial charge in [0.15, 0.2) is 0 Å². The van der Waals surface area contributed by atoms with Gasteiger partial charge in [0.1, 0.15) is 5.60 Å². The highest BCUT2D eigenvalue weighted by Crippen LogP contribution is 2.11. The Balaban J connectivity index is 2.22. The van der Waals surface area contributed by atoms with Crippen molar-refractivity contribution in [3.63, 3.8) is 0 Å². The molecular formula is C15H29N3O4. The monoisotopic (exact) mass is 315 g/mol. The van der Waals surface area contributed by atoms with Gasteiger partial charge in [-0.3, -0.25) is 9.69 Å². The third-order valence-corrected chi connectivity index (χ3v) is 3.53. The van der Waals surface area contributed by atoms with Gasteiger partial charge in [0.05, 0.1) is 6.42 Å². The number of carbonyl (C=O) groups excluding carboxylic acids is 1. The minimum atomic E-state index is -0.766. The zero-order valence-electron chi connectivity index (χ0n) is 14.2. The Morgan fingerprint density at radius 1 is 1.14 bits per heavy atom. The van der Waals surface area contributed by atoms with Crippen LogP contribution in [-0.2, 0) is 9.53 Å². The molecule has 0 aliphatic carbocycles. The Hall–Kier alpha value is -1.34. The van der Waals surface area contributed by atoms with E-state index in [2.05, 4.69) is 4.90 Å². The summed E-state index contributed by atoms with van der Waals surface area (Å²) in [7, 11) is 1.93. The average Bonchev–Trinajstić information content (AvgIpc) is 2.41. The molecule has 128 valence electrons. The first-order valence-electron chi connectivity index (χ1n) is 7.78. The maximum absolute atomic E-state index is 12.0. The summed E-state index contributed by atoms with van der Waals surface area (Å²) in [6.07, 6.45) is -0.0751. The van der Waals surface area contributed by atoms with Gasteiger partial charge < -0.3 is 19.6 Å². The summed E-state index contributed by atoms with van der Waals surface area (Å²) >= 11 is 0. The number of amides is 1. The third kappa shape index (κ3) is 7.61. The molecule has 1 amide bonds. The summed E-state index contributed by atoms with van der Waals surface area (Å²) in [5.41, 5.74) is -0.457. The van der Waals surface area contributed by atoms with Crippen molar-refractivity contribution < 1.29 is 19.4 Å². The molecule has 7 nitrogen and oxygen atoms in total. The van der Waals surface area contributed by atoms with Crippen molar-refractivity contribution in [3.8, 4) is 0 Å². The summed E-state index contributed by atoms with van der Waals surface area (Å²) in [5, 5.41) is 8.65. The van der Waals surface area contributed by atoms with E-state index in [1.807, 2.05) is 32.7 Å². The summed E-state index contributed by atoms with van der Waals surface area (Å²) in [4.78, 5) is 28.5. The van der Waals surface area contributed by atoms with Gasteiger partial charge in [-0.25, -0.2) is 4.79 Å². The van der Waals surface area contributed by atoms with Gasteiger partial charge in [-0.05, 0) is 27.8 Å². The van der Waals surface area contributed by atoms with Crippen molar-refractivity contribution in [2.75, 3.05) is 52.9 Å². The van der Waals surface area contributed by atoms with E-state index in [-0.39, 0.29) is 12.5 Å². The Bertz CT molecular complexity index is 373. The number of carboxylic acid groups (broad SMARTS) is 1. The summed E-state index contributed by atoms with van der Waals surface area (Å²) < 4.78 is 5.37. The smallest absolute Gasteiger partial charge is 0.410 e. The number of hydrogen-bond donors (Lipinski definition) is 1. The number of nitrogens with zero attached hydrogens (tertiary/aromatic N) is 3. The lowest BCUT2D eigenvalue weighted by molar-refractivity contribution is -0.137. The molecule has 7 heteroatoms. The van der Waals surface area contributed by atoms with E-state index in [9.17, 15) is 9.59 Å². The van der Waals surface area contributed by atoms with Gasteiger partial charge in [-0.1, -0.05) is 0 Å². The second kappa shape index (κ2) is 8.33. The highest BCUT2D eigenvalue weighted by Gasteiger charge is 2.25. The molecule has 0 atom stereocenters. The topological polar surface area (TPSA) is 73.3 Å². The first-order chi connectivity index (χ1) is 10.2. The molecular weight excluding hydrogens is 286 g/mol. The number of aliphatic carboxylic acids is 1. The number of piperazine rings is 1. The Labute approximate surface area is 132 Å². The molecule has 1 rings (SSSR count). The first-order valence-corrected chi connectivity index (χ1v) is 7.78. The molecule has 0 radical (unpaired) electrons. The second-order valence-corrected chi connectivity index (χ2v) is 6.76. The molecule has 1 aliphatic rings. The maximum atomic E-state index is 12.0. The molecule has 0 spiro atoms. The molecule has 1 heterocycles. The Morgan fingerprint density at radius 2 is 1.73 bits per heavy atom. The fourth-order valence-corrected chi connectivity index (χ4v) is 2.19. The van der Waals surface area contributed by atoms with Crippen molar-refractivity contribution in [3.05, 3.63) is 0 Å². The molecule has 0 unspecified atom stereocenters. The van der Waals surface area contributed by atoms with Crippen LogP contribution in [0.15, 0.2) is 0 Å². The predicted octanol–water partition coefficient (Wildman–Crippen LogP) is 0.946. The number of rotatable bonds is 6. The molecule has 0 saturated carbocycles. The molecule has 1 N–H and O–H groups in total. The van der Waals surface area contributed by atoms with E-state index in [0.717, 1.165) is 26.2 Å². The molecule has 1 fully saturated rings. The van der Waals surface area contributed by atoms with Crippen LogP contribution < -0.4 is 0 Å². The van der Waals surface area contributed by atoms with E-state index in [1.165, 1.54) is 0 Å². The van der Waals surface area contributed by atoms with Crippen LogP contribution in [0.25, 0.3) is 0 Å². The predicted molar refractivity (Wildman–Crippen MR) is 84.0 cm³/mol. The standard InChI is InChI=1S/C15H29N3O4/c1-15(2,3)22-14(21)18-11-9-17(10-12-18)8-7-16(4)6-5-13(19)20/h5-12H2,1-4H3,(H,19,20). The van der Waals surface area contributed by atoms with Crippen LogP contribution >= 0.6 is 0 Å². The van der Waals surface area contributed by atoms with Crippen molar-refractivity contribution in [2.45, 2.75) is 32.8 Å². The average molecular weight is 315 g/mol. The number of carbonyl (C=O) groups is 2. The number of carboxylic acids is 1. The van der Waals surface area contributed by atoms with Crippen LogP contribution in [0.4, 0.5) is 4.79 Å². The fraction of sp³-hybridized carbons (Fsp3) is 0.867. The van der Waals surface area contributed by atoms with E-state index in [4.69, 9.17) is 9.84 Å². The largest absolute Gasteiger partial charge is 0.481 e. The van der Waals surface area contributed by atoms with Gasteiger partial charge in [0.25, 0.3) is 0 Å². The third-order valence-electron chi connectivity index (χ3n) is 3.53. The van der Waals surface area contributed by atoms with Crippen molar-refractivity contribution >= 4 is 12.1 Å². The van der Waals surface area contributed by atoms with E-state index < -0.39 is 11.6 Å². The summed E-state index contributed by atoms with van der Waals surface area (Å²) in [5.74, 6) is -0.766. The Kier molecular flexibility index (Phi) is 7.09. The maximum Gasteiger partial charge on any atom is 0.410 e. The van der Waals surface area contributed by atoms with Crippen LogP contribution in [0.3, 0.4) is 0 Å². The molecule has 0 aromatic rings. The van der Waals surface area contributed by atoms with Gasteiger partial charge in [0, 0.05) is 45.8 Å². The quantitative estimate of drug-likeness (QED) is 0.786. The highest BCUT2D eigenvalue weighted by atomic mass is 16.6. The van der Waals surface area contributed by atoms with Crippen LogP contribution in [-0.4, -0.2) is 90.3 Å². The first kappa shape index (κ1) is 18.7. The fourth-order valence-electron chi connectivity index (χ4n) is 2.19. The van der Waals surface area contributed by atoms with Gasteiger partial charge >= 0.3 is 12.1 Å². The van der Waals surface area contributed by atoms with Crippen LogP contribution in [0.2, 0.25) is 0 Å². The van der Waals surface area contributed by atoms with Crippen LogP contribution in [0.5, 0.6) is 0 Å². The zero-order valence-corrected chi connectivity index (χ0v) is 14.2. The van der Waals surface area contributed by atoms with Crippen molar-refractivity contribution in [2.24, 2.45) is 0 Å². The molecule has 1 aliphatic heterocycles. The van der Waals surface area contributed by atoms with Crippen LogP contribution in [0, 0.1) is 0 Å². The van der Waals surface area contributed by atoms with E-state index in [1.54, 1.807) is 4.90 Å². The lowest BCUT2D eigenvalue weighted by atomic mass is 10.2. The molecule has 0 aromatic heterocycles. The summed E-state index contributed by atoms with van der Waals surface area (Å²) in [6, 6.07) is 0. The lowest BCUT2D eigenvalue weighted by Gasteiger charge is -2.36. The van der Waals surface area contributed by atoms with Crippen molar-refractivity contribution in [1.29, 1.82) is 0 Å². The number of hydrogen-bond acceptors (Lipinski definition) is 5. The SMILES string of the molecule is CN(CCC(=O)O)CCN1CCN(C(=O)OC(C)(C)C)CC1. The zero-order chi connectivity index (χ0) is 16.8. The summed E-state index contributed by atoms with van der Waals surface area (Å²) in [6.45, 7) is 10.9. The van der Waals surface area contributed by atoms with Gasteiger partial charge in [-0.2, -0.15) is 0 Å². The molecule has 0 aromatic carbocycles. The molecule has 0 bridgehead atoms. The van der Waals surface area contributed by atoms with Crippen LogP contribution in [0.1, 0.15) is 27.2 Å². The molecule has 22 heavy (non-hydrogen) atoms.